The van der Waals surface area contributed by atoms with E-state index in [0.29, 0.717) is 18.8 Å². The van der Waals surface area contributed by atoms with Crippen molar-refractivity contribution in [3.8, 4) is 0 Å². The maximum absolute atomic E-state index is 14.2. The Morgan fingerprint density at radius 2 is 2.26 bits per heavy atom. The molecule has 3 N–H and O–H groups in total. The molecule has 0 aromatic heterocycles. The molecule has 3 atom stereocenters. The van der Waals surface area contributed by atoms with E-state index >= 15 is 0 Å². The second kappa shape index (κ2) is 5.86. The molecule has 5 heteroatoms. The summed E-state index contributed by atoms with van der Waals surface area (Å²) in [5.74, 6) is -0.277. The van der Waals surface area contributed by atoms with E-state index in [4.69, 9.17) is 10.5 Å². The van der Waals surface area contributed by atoms with Crippen LogP contribution in [0.3, 0.4) is 0 Å². The summed E-state index contributed by atoms with van der Waals surface area (Å²) in [7, 11) is 0. The average molecular weight is 268 g/mol. The van der Waals surface area contributed by atoms with Crippen molar-refractivity contribution >= 4 is 5.69 Å². The monoisotopic (exact) mass is 268 g/mol. The van der Waals surface area contributed by atoms with Gasteiger partial charge in [0, 0.05) is 19.1 Å². The van der Waals surface area contributed by atoms with Gasteiger partial charge in [-0.2, -0.15) is 0 Å². The van der Waals surface area contributed by atoms with Gasteiger partial charge in [0.2, 0.25) is 0 Å². The van der Waals surface area contributed by atoms with Crippen LogP contribution in [0.15, 0.2) is 18.2 Å². The summed E-state index contributed by atoms with van der Waals surface area (Å²) in [5.41, 5.74) is 7.06. The molecule has 2 rings (SSSR count). The fourth-order valence-electron chi connectivity index (χ4n) is 2.41. The minimum Gasteiger partial charge on any atom is -0.394 e. The first kappa shape index (κ1) is 14.2. The van der Waals surface area contributed by atoms with Crippen LogP contribution >= 0.6 is 0 Å². The fraction of sp³-hybridized carbons (Fsp3) is 0.571. The van der Waals surface area contributed by atoms with Crippen LogP contribution in [0, 0.1) is 5.82 Å². The summed E-state index contributed by atoms with van der Waals surface area (Å²) >= 11 is 0. The number of ether oxygens (including phenoxy) is 1. The quantitative estimate of drug-likeness (QED) is 0.870. The molecular weight excluding hydrogens is 247 g/mol. The lowest BCUT2D eigenvalue weighted by atomic mass is 10.1. The van der Waals surface area contributed by atoms with Gasteiger partial charge in [-0.15, -0.1) is 0 Å². The van der Waals surface area contributed by atoms with E-state index in [1.165, 1.54) is 6.07 Å². The standard InChI is InChI=1S/C14H21FN2O2/c1-9-6-17(7-12(8-18)19-9)14-4-3-11(10(2)16)5-13(14)15/h3-5,9-10,12,18H,6-8,16H2,1-2H3/t9?,10-,12?/m0/s1. The lowest BCUT2D eigenvalue weighted by Gasteiger charge is -2.37. The Balaban J connectivity index is 2.21. The highest BCUT2D eigenvalue weighted by molar-refractivity contribution is 5.50. The molecule has 0 bridgehead atoms. The average Bonchev–Trinajstić information content (AvgIpc) is 2.37. The topological polar surface area (TPSA) is 58.7 Å². The van der Waals surface area contributed by atoms with E-state index in [0.717, 1.165) is 5.56 Å². The highest BCUT2D eigenvalue weighted by Crippen LogP contribution is 2.25. The Morgan fingerprint density at radius 1 is 1.53 bits per heavy atom. The summed E-state index contributed by atoms with van der Waals surface area (Å²) in [5, 5.41) is 9.20. The number of morpholine rings is 1. The molecule has 1 aliphatic heterocycles. The molecule has 4 nitrogen and oxygen atoms in total. The molecule has 0 saturated carbocycles. The lowest BCUT2D eigenvalue weighted by molar-refractivity contribution is -0.0422. The van der Waals surface area contributed by atoms with Crippen molar-refractivity contribution in [2.45, 2.75) is 32.1 Å². The largest absolute Gasteiger partial charge is 0.394 e. The van der Waals surface area contributed by atoms with Gasteiger partial charge in [-0.25, -0.2) is 4.39 Å². The summed E-state index contributed by atoms with van der Waals surface area (Å²) < 4.78 is 19.7. The zero-order valence-electron chi connectivity index (χ0n) is 11.3. The molecular formula is C14H21FN2O2. The van der Waals surface area contributed by atoms with Crippen LogP contribution in [-0.4, -0.2) is 37.0 Å². The van der Waals surface area contributed by atoms with Gasteiger partial charge in [0.15, 0.2) is 0 Å². The fourth-order valence-corrected chi connectivity index (χ4v) is 2.41. The maximum atomic E-state index is 14.2. The molecule has 0 amide bonds. The van der Waals surface area contributed by atoms with Crippen LogP contribution in [0.25, 0.3) is 0 Å². The van der Waals surface area contributed by atoms with Crippen molar-refractivity contribution in [2.75, 3.05) is 24.6 Å². The van der Waals surface area contributed by atoms with Crippen LogP contribution in [0.1, 0.15) is 25.5 Å². The van der Waals surface area contributed by atoms with Crippen LogP contribution in [0.4, 0.5) is 10.1 Å². The molecule has 1 heterocycles. The Bertz CT molecular complexity index is 439. The van der Waals surface area contributed by atoms with E-state index in [-0.39, 0.29) is 30.7 Å². The Labute approximate surface area is 113 Å². The molecule has 1 aromatic rings. The van der Waals surface area contributed by atoms with Gasteiger partial charge in [0.05, 0.1) is 24.5 Å². The SMILES string of the molecule is CC1CN(c2ccc([C@H](C)N)cc2F)CC(CO)O1. The molecule has 2 unspecified atom stereocenters. The second-order valence-corrected chi connectivity index (χ2v) is 5.16. The number of hydrogen-bond donors (Lipinski definition) is 2. The lowest BCUT2D eigenvalue weighted by Crippen LogP contribution is -2.48. The van der Waals surface area contributed by atoms with Crippen molar-refractivity contribution < 1.29 is 14.2 Å². The van der Waals surface area contributed by atoms with Gasteiger partial charge in [-0.05, 0) is 31.5 Å². The van der Waals surface area contributed by atoms with Crippen molar-refractivity contribution in [1.29, 1.82) is 0 Å². The summed E-state index contributed by atoms with van der Waals surface area (Å²) in [6.45, 7) is 4.80. The van der Waals surface area contributed by atoms with Crippen LogP contribution in [0.2, 0.25) is 0 Å². The van der Waals surface area contributed by atoms with E-state index < -0.39 is 0 Å². The molecule has 0 aliphatic carbocycles. The summed E-state index contributed by atoms with van der Waals surface area (Å²) in [6.07, 6.45) is -0.297. The van der Waals surface area contributed by atoms with Gasteiger partial charge in [0.25, 0.3) is 0 Å². The van der Waals surface area contributed by atoms with E-state index in [1.807, 2.05) is 24.8 Å². The summed E-state index contributed by atoms with van der Waals surface area (Å²) in [6, 6.07) is 4.89. The normalized spacial score (nSPS) is 25.4. The zero-order chi connectivity index (χ0) is 14.0. The van der Waals surface area contributed by atoms with E-state index in [9.17, 15) is 9.50 Å². The third-order valence-electron chi connectivity index (χ3n) is 3.37. The number of aliphatic hydroxyl groups excluding tert-OH is 1. The highest BCUT2D eigenvalue weighted by Gasteiger charge is 2.26. The number of aliphatic hydroxyl groups is 1. The van der Waals surface area contributed by atoms with Gasteiger partial charge >= 0.3 is 0 Å². The van der Waals surface area contributed by atoms with Crippen molar-refractivity contribution in [2.24, 2.45) is 5.73 Å². The van der Waals surface area contributed by atoms with Gasteiger partial charge < -0.3 is 20.5 Å². The van der Waals surface area contributed by atoms with Crippen molar-refractivity contribution in [3.05, 3.63) is 29.6 Å². The molecule has 106 valence electrons. The number of benzene rings is 1. The Kier molecular flexibility index (Phi) is 4.39. The third kappa shape index (κ3) is 3.23. The Hall–Kier alpha value is -1.17. The molecule has 0 radical (unpaired) electrons. The minimum absolute atomic E-state index is 0.0293. The molecule has 1 aliphatic rings. The molecule has 19 heavy (non-hydrogen) atoms. The zero-order valence-corrected chi connectivity index (χ0v) is 11.3. The first-order chi connectivity index (χ1) is 9.01. The number of nitrogens with zero attached hydrogens (tertiary/aromatic N) is 1. The minimum atomic E-state index is -0.277. The number of halogens is 1. The van der Waals surface area contributed by atoms with Crippen LogP contribution in [0.5, 0.6) is 0 Å². The summed E-state index contributed by atoms with van der Waals surface area (Å²) in [4.78, 5) is 1.91. The maximum Gasteiger partial charge on any atom is 0.146 e. The molecule has 1 fully saturated rings. The van der Waals surface area contributed by atoms with E-state index in [2.05, 4.69) is 0 Å². The Morgan fingerprint density at radius 3 is 2.84 bits per heavy atom. The second-order valence-electron chi connectivity index (χ2n) is 5.16. The molecule has 0 spiro atoms. The van der Waals surface area contributed by atoms with Gasteiger partial charge in [-0.3, -0.25) is 0 Å². The highest BCUT2D eigenvalue weighted by atomic mass is 19.1. The number of anilines is 1. The predicted molar refractivity (Wildman–Crippen MR) is 72.6 cm³/mol. The number of nitrogens with two attached hydrogens (primary N) is 1. The number of hydrogen-bond acceptors (Lipinski definition) is 4. The van der Waals surface area contributed by atoms with Gasteiger partial charge in [-0.1, -0.05) is 6.07 Å². The smallest absolute Gasteiger partial charge is 0.146 e. The van der Waals surface area contributed by atoms with Crippen molar-refractivity contribution in [3.63, 3.8) is 0 Å². The molecule has 1 aromatic carbocycles. The predicted octanol–water partition coefficient (Wildman–Crippen LogP) is 1.43. The first-order valence-electron chi connectivity index (χ1n) is 6.57. The number of rotatable bonds is 3. The van der Waals surface area contributed by atoms with Crippen LogP contribution < -0.4 is 10.6 Å². The van der Waals surface area contributed by atoms with E-state index in [1.54, 1.807) is 6.07 Å². The van der Waals surface area contributed by atoms with Crippen LogP contribution in [-0.2, 0) is 4.74 Å². The van der Waals surface area contributed by atoms with Gasteiger partial charge in [0.1, 0.15) is 5.82 Å². The third-order valence-corrected chi connectivity index (χ3v) is 3.37. The first-order valence-corrected chi connectivity index (χ1v) is 6.57. The van der Waals surface area contributed by atoms with Crippen molar-refractivity contribution in [1.82, 2.24) is 0 Å². The molecule has 1 saturated heterocycles.